The number of amides is 1. The Labute approximate surface area is 165 Å². The van der Waals surface area contributed by atoms with Gasteiger partial charge in [-0.25, -0.2) is 0 Å². The standard InChI is InChI=1S/C23H25N3O2/c1-15-6-7-21-20(8-9-25-22(21)16(15)2)17-4-3-5-18(12-17)23(27)26-14-19-13-24-10-11-28-19/h3-9,12,19,24H,10-11,13-14H2,1-2H3,(H,26,27). The monoisotopic (exact) mass is 375 g/mol. The first-order chi connectivity index (χ1) is 13.6. The number of aromatic nitrogens is 1. The Bertz CT molecular complexity index is 1010. The van der Waals surface area contributed by atoms with E-state index in [4.69, 9.17) is 4.74 Å². The molecule has 2 aromatic carbocycles. The highest BCUT2D eigenvalue weighted by Gasteiger charge is 2.15. The van der Waals surface area contributed by atoms with Crippen molar-refractivity contribution in [2.45, 2.75) is 20.0 Å². The molecule has 3 aromatic rings. The SMILES string of the molecule is Cc1ccc2c(-c3cccc(C(=O)NCC4CNCCO4)c3)ccnc2c1C. The second-order valence-corrected chi connectivity index (χ2v) is 7.25. The number of nitrogens with one attached hydrogen (secondary N) is 2. The number of hydrogen-bond donors (Lipinski definition) is 2. The van der Waals surface area contributed by atoms with Crippen LogP contribution >= 0.6 is 0 Å². The van der Waals surface area contributed by atoms with E-state index in [2.05, 4.69) is 41.6 Å². The van der Waals surface area contributed by atoms with E-state index in [9.17, 15) is 4.79 Å². The van der Waals surface area contributed by atoms with E-state index in [0.717, 1.165) is 35.1 Å². The van der Waals surface area contributed by atoms with Crippen molar-refractivity contribution < 1.29 is 9.53 Å². The Balaban J connectivity index is 1.59. The van der Waals surface area contributed by atoms with Crippen molar-refractivity contribution in [1.29, 1.82) is 0 Å². The van der Waals surface area contributed by atoms with Gasteiger partial charge in [0.2, 0.25) is 0 Å². The molecule has 5 nitrogen and oxygen atoms in total. The molecule has 0 aliphatic carbocycles. The van der Waals surface area contributed by atoms with Gasteiger partial charge in [0.25, 0.3) is 5.91 Å². The molecule has 1 aromatic heterocycles. The van der Waals surface area contributed by atoms with Gasteiger partial charge in [-0.05, 0) is 54.3 Å². The number of aryl methyl sites for hydroxylation is 2. The molecule has 4 rings (SSSR count). The van der Waals surface area contributed by atoms with Crippen molar-refractivity contribution in [2.24, 2.45) is 0 Å². The zero-order valence-corrected chi connectivity index (χ0v) is 16.3. The summed E-state index contributed by atoms with van der Waals surface area (Å²) in [6.07, 6.45) is 1.86. The Morgan fingerprint density at radius 1 is 1.25 bits per heavy atom. The van der Waals surface area contributed by atoms with Crippen LogP contribution in [0.4, 0.5) is 0 Å². The van der Waals surface area contributed by atoms with Crippen molar-refractivity contribution in [3.05, 3.63) is 65.4 Å². The lowest BCUT2D eigenvalue weighted by atomic mass is 9.96. The van der Waals surface area contributed by atoms with Gasteiger partial charge in [-0.1, -0.05) is 24.3 Å². The van der Waals surface area contributed by atoms with Crippen LogP contribution < -0.4 is 10.6 Å². The number of morpholine rings is 1. The summed E-state index contributed by atoms with van der Waals surface area (Å²) >= 11 is 0. The maximum atomic E-state index is 12.6. The molecule has 0 saturated carbocycles. The summed E-state index contributed by atoms with van der Waals surface area (Å²) < 4.78 is 5.64. The fourth-order valence-electron chi connectivity index (χ4n) is 3.60. The number of rotatable bonds is 4. The van der Waals surface area contributed by atoms with Crippen LogP contribution in [0.15, 0.2) is 48.7 Å². The average Bonchev–Trinajstić information content (AvgIpc) is 2.75. The Hall–Kier alpha value is -2.76. The van der Waals surface area contributed by atoms with Crippen molar-refractivity contribution in [1.82, 2.24) is 15.6 Å². The molecule has 1 amide bonds. The van der Waals surface area contributed by atoms with Gasteiger partial charge in [0, 0.05) is 36.8 Å². The lowest BCUT2D eigenvalue weighted by Crippen LogP contribution is -2.45. The maximum Gasteiger partial charge on any atom is 0.251 e. The fraction of sp³-hybridized carbons (Fsp3) is 0.304. The highest BCUT2D eigenvalue weighted by Crippen LogP contribution is 2.30. The minimum absolute atomic E-state index is 0.0243. The normalized spacial score (nSPS) is 16.9. The van der Waals surface area contributed by atoms with Gasteiger partial charge in [-0.3, -0.25) is 9.78 Å². The molecule has 1 atom stereocenters. The highest BCUT2D eigenvalue weighted by molar-refractivity contribution is 5.99. The van der Waals surface area contributed by atoms with Crippen LogP contribution in [-0.2, 0) is 4.74 Å². The Morgan fingerprint density at radius 2 is 2.14 bits per heavy atom. The van der Waals surface area contributed by atoms with Gasteiger partial charge < -0.3 is 15.4 Å². The third-order valence-electron chi connectivity index (χ3n) is 5.37. The predicted octanol–water partition coefficient (Wildman–Crippen LogP) is 3.24. The molecular weight excluding hydrogens is 350 g/mol. The number of carbonyl (C=O) groups is 1. The zero-order chi connectivity index (χ0) is 19.5. The molecule has 2 heterocycles. The van der Waals surface area contributed by atoms with E-state index in [1.165, 1.54) is 11.1 Å². The van der Waals surface area contributed by atoms with Crippen LogP contribution in [0.5, 0.6) is 0 Å². The van der Waals surface area contributed by atoms with Crippen LogP contribution in [0, 0.1) is 13.8 Å². The molecular formula is C23H25N3O2. The van der Waals surface area contributed by atoms with E-state index in [1.807, 2.05) is 36.5 Å². The topological polar surface area (TPSA) is 63.2 Å². The van der Waals surface area contributed by atoms with Gasteiger partial charge in [-0.15, -0.1) is 0 Å². The molecule has 144 valence electrons. The quantitative estimate of drug-likeness (QED) is 0.735. The summed E-state index contributed by atoms with van der Waals surface area (Å²) in [5.41, 5.74) is 6.17. The highest BCUT2D eigenvalue weighted by atomic mass is 16.5. The number of fused-ring (bicyclic) bond motifs is 1. The van der Waals surface area contributed by atoms with Crippen molar-refractivity contribution in [3.63, 3.8) is 0 Å². The van der Waals surface area contributed by atoms with E-state index < -0.39 is 0 Å². The van der Waals surface area contributed by atoms with Gasteiger partial charge in [0.15, 0.2) is 0 Å². The smallest absolute Gasteiger partial charge is 0.251 e. The molecule has 0 radical (unpaired) electrons. The van der Waals surface area contributed by atoms with Crippen LogP contribution in [0.1, 0.15) is 21.5 Å². The van der Waals surface area contributed by atoms with Crippen LogP contribution in [0.2, 0.25) is 0 Å². The third kappa shape index (κ3) is 3.77. The molecule has 5 heteroatoms. The zero-order valence-electron chi connectivity index (χ0n) is 16.3. The van der Waals surface area contributed by atoms with Crippen LogP contribution in [0.3, 0.4) is 0 Å². The van der Waals surface area contributed by atoms with E-state index in [-0.39, 0.29) is 12.0 Å². The average molecular weight is 375 g/mol. The molecule has 0 spiro atoms. The lowest BCUT2D eigenvalue weighted by Gasteiger charge is -2.23. The minimum Gasteiger partial charge on any atom is -0.374 e. The second kappa shape index (κ2) is 8.09. The Kier molecular flexibility index (Phi) is 5.37. The molecule has 28 heavy (non-hydrogen) atoms. The summed E-state index contributed by atoms with van der Waals surface area (Å²) in [5, 5.41) is 7.36. The molecule has 1 aliphatic rings. The number of hydrogen-bond acceptors (Lipinski definition) is 4. The number of nitrogens with zero attached hydrogens (tertiary/aromatic N) is 1. The molecule has 1 unspecified atom stereocenters. The predicted molar refractivity (Wildman–Crippen MR) is 112 cm³/mol. The maximum absolute atomic E-state index is 12.6. The summed E-state index contributed by atoms with van der Waals surface area (Å²) in [6.45, 7) is 7.02. The summed E-state index contributed by atoms with van der Waals surface area (Å²) in [5.74, 6) is -0.0820. The molecule has 1 aliphatic heterocycles. The lowest BCUT2D eigenvalue weighted by molar-refractivity contribution is 0.0287. The second-order valence-electron chi connectivity index (χ2n) is 7.25. The van der Waals surface area contributed by atoms with E-state index in [1.54, 1.807) is 0 Å². The molecule has 1 saturated heterocycles. The summed E-state index contributed by atoms with van der Waals surface area (Å²) in [7, 11) is 0. The van der Waals surface area contributed by atoms with Crippen molar-refractivity contribution in [3.8, 4) is 11.1 Å². The molecule has 0 bridgehead atoms. The van der Waals surface area contributed by atoms with Gasteiger partial charge in [-0.2, -0.15) is 0 Å². The van der Waals surface area contributed by atoms with E-state index in [0.29, 0.717) is 18.7 Å². The fourth-order valence-corrected chi connectivity index (χ4v) is 3.60. The van der Waals surface area contributed by atoms with Gasteiger partial charge >= 0.3 is 0 Å². The van der Waals surface area contributed by atoms with Crippen molar-refractivity contribution in [2.75, 3.05) is 26.2 Å². The van der Waals surface area contributed by atoms with Crippen molar-refractivity contribution >= 4 is 16.8 Å². The minimum atomic E-state index is -0.0820. The van der Waals surface area contributed by atoms with E-state index >= 15 is 0 Å². The Morgan fingerprint density at radius 3 is 2.96 bits per heavy atom. The third-order valence-corrected chi connectivity index (χ3v) is 5.37. The first-order valence-electron chi connectivity index (χ1n) is 9.69. The summed E-state index contributed by atoms with van der Waals surface area (Å²) in [6, 6.07) is 14.0. The van der Waals surface area contributed by atoms with Gasteiger partial charge in [0.1, 0.15) is 0 Å². The number of carbonyl (C=O) groups excluding carboxylic acids is 1. The molecule has 1 fully saturated rings. The first kappa shape index (κ1) is 18.6. The van der Waals surface area contributed by atoms with Crippen LogP contribution in [-0.4, -0.2) is 43.2 Å². The number of pyridine rings is 1. The molecule has 2 N–H and O–H groups in total. The number of ether oxygens (including phenoxy) is 1. The largest absolute Gasteiger partial charge is 0.374 e. The van der Waals surface area contributed by atoms with Gasteiger partial charge in [0.05, 0.1) is 18.2 Å². The van der Waals surface area contributed by atoms with Crippen LogP contribution in [0.25, 0.3) is 22.0 Å². The number of benzene rings is 2. The summed E-state index contributed by atoms with van der Waals surface area (Å²) in [4.78, 5) is 17.2. The first-order valence-corrected chi connectivity index (χ1v) is 9.69.